The number of aromatic amines is 1. The Kier molecular flexibility index (Phi) is 4.39. The Morgan fingerprint density at radius 1 is 1.20 bits per heavy atom. The lowest BCUT2D eigenvalue weighted by molar-refractivity contribution is -0.137. The van der Waals surface area contributed by atoms with Gasteiger partial charge in [-0.25, -0.2) is 9.37 Å². The minimum absolute atomic E-state index is 0.168. The van der Waals surface area contributed by atoms with Crippen LogP contribution in [-0.4, -0.2) is 16.5 Å². The Hall–Kier alpha value is -1.89. The Morgan fingerprint density at radius 3 is 2.65 bits per heavy atom. The van der Waals surface area contributed by atoms with Gasteiger partial charge in [0.05, 0.1) is 5.56 Å². The maximum Gasteiger partial charge on any atom is 0.416 e. The molecule has 1 aromatic carbocycles. The average Bonchev–Trinajstić information content (AvgIpc) is 2.86. The lowest BCUT2D eigenvalue weighted by atomic mass is 10.1. The van der Waals surface area contributed by atoms with Crippen LogP contribution in [0.25, 0.3) is 0 Å². The van der Waals surface area contributed by atoms with Crippen molar-refractivity contribution in [1.29, 1.82) is 0 Å². The fourth-order valence-electron chi connectivity index (χ4n) is 1.79. The van der Waals surface area contributed by atoms with E-state index in [1.165, 1.54) is 0 Å². The molecule has 20 heavy (non-hydrogen) atoms. The average molecular weight is 287 g/mol. The summed E-state index contributed by atoms with van der Waals surface area (Å²) in [5.41, 5.74) is -0.711. The molecule has 1 aromatic heterocycles. The zero-order valence-electron chi connectivity index (χ0n) is 10.5. The summed E-state index contributed by atoms with van der Waals surface area (Å²) < 4.78 is 50.7. The molecule has 0 aliphatic rings. The molecule has 0 amide bonds. The molecule has 0 saturated heterocycles. The van der Waals surface area contributed by atoms with Gasteiger partial charge in [-0.1, -0.05) is 0 Å². The minimum Gasteiger partial charge on any atom is -0.349 e. The summed E-state index contributed by atoms with van der Waals surface area (Å²) in [7, 11) is 0. The molecule has 0 aliphatic carbocycles. The number of imidazole rings is 1. The molecule has 0 fully saturated rings. The molecular formula is C13H13F4N3. The summed E-state index contributed by atoms with van der Waals surface area (Å²) in [5, 5.41) is 2.95. The summed E-state index contributed by atoms with van der Waals surface area (Å²) in [5.74, 6) is -0.101. The number of hydrogen-bond acceptors (Lipinski definition) is 2. The maximum atomic E-state index is 13.1. The zero-order chi connectivity index (χ0) is 14.6. The van der Waals surface area contributed by atoms with Gasteiger partial charge in [0.1, 0.15) is 11.6 Å². The third-order valence-electron chi connectivity index (χ3n) is 2.71. The van der Waals surface area contributed by atoms with Crippen molar-refractivity contribution in [2.45, 2.75) is 19.1 Å². The largest absolute Gasteiger partial charge is 0.416 e. The number of aromatic nitrogens is 2. The van der Waals surface area contributed by atoms with Crippen LogP contribution in [0.5, 0.6) is 0 Å². The van der Waals surface area contributed by atoms with Crippen LogP contribution in [0, 0.1) is 5.82 Å². The van der Waals surface area contributed by atoms with Gasteiger partial charge in [0, 0.05) is 31.9 Å². The van der Waals surface area contributed by atoms with E-state index in [2.05, 4.69) is 15.3 Å². The van der Waals surface area contributed by atoms with E-state index in [9.17, 15) is 17.6 Å². The van der Waals surface area contributed by atoms with E-state index < -0.39 is 17.6 Å². The van der Waals surface area contributed by atoms with Crippen LogP contribution < -0.4 is 5.32 Å². The first-order chi connectivity index (χ1) is 9.45. The molecule has 0 unspecified atom stereocenters. The fourth-order valence-corrected chi connectivity index (χ4v) is 1.79. The van der Waals surface area contributed by atoms with Crippen molar-refractivity contribution < 1.29 is 17.6 Å². The molecule has 2 rings (SSSR count). The van der Waals surface area contributed by atoms with Crippen molar-refractivity contribution in [1.82, 2.24) is 15.3 Å². The highest BCUT2D eigenvalue weighted by Gasteiger charge is 2.31. The molecule has 0 radical (unpaired) electrons. The number of nitrogens with one attached hydrogen (secondary N) is 2. The normalized spacial score (nSPS) is 11.8. The minimum atomic E-state index is -4.54. The van der Waals surface area contributed by atoms with Gasteiger partial charge in [0.15, 0.2) is 0 Å². The lowest BCUT2D eigenvalue weighted by Crippen LogP contribution is -2.18. The van der Waals surface area contributed by atoms with E-state index in [0.29, 0.717) is 19.0 Å². The molecule has 0 spiro atoms. The summed E-state index contributed by atoms with van der Waals surface area (Å²) in [6, 6.07) is 2.53. The first-order valence-electron chi connectivity index (χ1n) is 6.01. The molecular weight excluding hydrogens is 274 g/mol. The highest BCUT2D eigenvalue weighted by atomic mass is 19.4. The van der Waals surface area contributed by atoms with Crippen molar-refractivity contribution in [2.24, 2.45) is 0 Å². The molecule has 0 atom stereocenters. The molecule has 0 aliphatic heterocycles. The van der Waals surface area contributed by atoms with E-state index >= 15 is 0 Å². The number of rotatable bonds is 5. The van der Waals surface area contributed by atoms with E-state index in [0.717, 1.165) is 18.0 Å². The van der Waals surface area contributed by atoms with Crippen LogP contribution in [0.3, 0.4) is 0 Å². The van der Waals surface area contributed by atoms with Crippen LogP contribution in [-0.2, 0) is 19.1 Å². The van der Waals surface area contributed by atoms with Crippen molar-refractivity contribution in [2.75, 3.05) is 6.54 Å². The molecule has 0 bridgehead atoms. The molecule has 0 saturated carbocycles. The molecule has 3 nitrogen and oxygen atoms in total. The Balaban J connectivity index is 1.91. The van der Waals surface area contributed by atoms with Gasteiger partial charge in [0.2, 0.25) is 0 Å². The Morgan fingerprint density at radius 2 is 2.00 bits per heavy atom. The van der Waals surface area contributed by atoms with E-state index in [1.54, 1.807) is 12.4 Å². The van der Waals surface area contributed by atoms with E-state index in [4.69, 9.17) is 0 Å². The predicted molar refractivity (Wildman–Crippen MR) is 65.4 cm³/mol. The molecule has 2 aromatic rings. The van der Waals surface area contributed by atoms with Crippen molar-refractivity contribution in [3.63, 3.8) is 0 Å². The maximum absolute atomic E-state index is 13.1. The quantitative estimate of drug-likeness (QED) is 0.656. The van der Waals surface area contributed by atoms with Crippen LogP contribution >= 0.6 is 0 Å². The highest BCUT2D eigenvalue weighted by molar-refractivity contribution is 5.26. The van der Waals surface area contributed by atoms with Crippen LogP contribution in [0.1, 0.15) is 17.0 Å². The van der Waals surface area contributed by atoms with Gasteiger partial charge in [-0.15, -0.1) is 0 Å². The number of halogens is 4. The number of H-pyrrole nitrogens is 1. The highest BCUT2D eigenvalue weighted by Crippen LogP contribution is 2.30. The second-order valence-corrected chi connectivity index (χ2v) is 4.31. The standard InChI is InChI=1S/C13H13F4N3/c14-11-6-9(5-10(7-11)13(15,16)17)8-18-2-1-12-19-3-4-20-12/h3-7,18H,1-2,8H2,(H,19,20). The number of alkyl halides is 3. The number of hydrogen-bond donors (Lipinski definition) is 2. The molecule has 108 valence electrons. The van der Waals surface area contributed by atoms with E-state index in [-0.39, 0.29) is 12.1 Å². The fraction of sp³-hybridized carbons (Fsp3) is 0.308. The monoisotopic (exact) mass is 287 g/mol. The second-order valence-electron chi connectivity index (χ2n) is 4.31. The third-order valence-corrected chi connectivity index (χ3v) is 2.71. The number of benzene rings is 1. The Bertz CT molecular complexity index is 549. The van der Waals surface area contributed by atoms with E-state index in [1.807, 2.05) is 0 Å². The predicted octanol–water partition coefficient (Wildman–Crippen LogP) is 2.90. The van der Waals surface area contributed by atoms with Gasteiger partial charge in [-0.05, 0) is 23.8 Å². The Labute approximate surface area is 113 Å². The summed E-state index contributed by atoms with van der Waals surface area (Å²) >= 11 is 0. The smallest absolute Gasteiger partial charge is 0.349 e. The topological polar surface area (TPSA) is 40.7 Å². The molecule has 2 N–H and O–H groups in total. The molecule has 7 heteroatoms. The summed E-state index contributed by atoms with van der Waals surface area (Å²) in [6.07, 6.45) is -0.603. The van der Waals surface area contributed by atoms with Crippen LogP contribution in [0.2, 0.25) is 0 Å². The zero-order valence-corrected chi connectivity index (χ0v) is 10.5. The first-order valence-corrected chi connectivity index (χ1v) is 6.01. The van der Waals surface area contributed by atoms with Crippen molar-refractivity contribution >= 4 is 0 Å². The molecule has 1 heterocycles. The SMILES string of the molecule is Fc1cc(CNCCc2ncc[nH]2)cc(C(F)(F)F)c1. The second kappa shape index (κ2) is 6.04. The van der Waals surface area contributed by atoms with Gasteiger partial charge in [-0.3, -0.25) is 0 Å². The van der Waals surface area contributed by atoms with Crippen LogP contribution in [0.15, 0.2) is 30.6 Å². The van der Waals surface area contributed by atoms with Crippen molar-refractivity contribution in [3.8, 4) is 0 Å². The summed E-state index contributed by atoms with van der Waals surface area (Å²) in [6.45, 7) is 0.701. The first kappa shape index (κ1) is 14.5. The van der Waals surface area contributed by atoms with Crippen molar-refractivity contribution in [3.05, 3.63) is 53.4 Å². The number of nitrogens with zero attached hydrogens (tertiary/aromatic N) is 1. The van der Waals surface area contributed by atoms with Crippen LogP contribution in [0.4, 0.5) is 17.6 Å². The van der Waals surface area contributed by atoms with Gasteiger partial charge in [-0.2, -0.15) is 13.2 Å². The third kappa shape index (κ3) is 4.06. The van der Waals surface area contributed by atoms with Gasteiger partial charge >= 0.3 is 6.18 Å². The lowest BCUT2D eigenvalue weighted by Gasteiger charge is -2.10. The van der Waals surface area contributed by atoms with Gasteiger partial charge in [0.25, 0.3) is 0 Å². The summed E-state index contributed by atoms with van der Waals surface area (Å²) in [4.78, 5) is 6.93. The van der Waals surface area contributed by atoms with Gasteiger partial charge < -0.3 is 10.3 Å².